The Morgan fingerprint density at radius 3 is 2.60 bits per heavy atom. The van der Waals surface area contributed by atoms with E-state index < -0.39 is 12.0 Å². The quantitative estimate of drug-likeness (QED) is 0.940. The van der Waals surface area contributed by atoms with E-state index in [0.717, 1.165) is 5.56 Å². The van der Waals surface area contributed by atoms with Gasteiger partial charge in [0.1, 0.15) is 0 Å². The standard InChI is InChI=1S/C11H10F3N3O2S/c1-18-8-4-6(5-15)2-3-7(8)19-10-16-9(17-20-10)11(12,13)14/h2-4H,5,15H2,1H3. The minimum absolute atomic E-state index is 0.212. The molecule has 108 valence electrons. The van der Waals surface area contributed by atoms with Gasteiger partial charge in [0.25, 0.3) is 11.0 Å². The molecule has 20 heavy (non-hydrogen) atoms. The SMILES string of the molecule is COc1cc(CN)ccc1Oc1nc(C(F)(F)F)ns1. The summed E-state index contributed by atoms with van der Waals surface area (Å²) in [4.78, 5) is 3.27. The smallest absolute Gasteiger partial charge is 0.452 e. The minimum atomic E-state index is -4.59. The average Bonchev–Trinajstić information content (AvgIpc) is 2.87. The molecule has 0 radical (unpaired) electrons. The van der Waals surface area contributed by atoms with Gasteiger partial charge in [-0.15, -0.1) is 0 Å². The second-order valence-corrected chi connectivity index (χ2v) is 4.39. The van der Waals surface area contributed by atoms with Crippen molar-refractivity contribution in [1.82, 2.24) is 9.36 Å². The highest BCUT2D eigenvalue weighted by molar-refractivity contribution is 7.07. The van der Waals surface area contributed by atoms with E-state index in [1.165, 1.54) is 7.11 Å². The zero-order valence-corrected chi connectivity index (χ0v) is 11.1. The zero-order valence-electron chi connectivity index (χ0n) is 10.3. The molecule has 0 atom stereocenters. The van der Waals surface area contributed by atoms with Crippen molar-refractivity contribution in [3.05, 3.63) is 29.6 Å². The normalized spacial score (nSPS) is 11.4. The second-order valence-electron chi connectivity index (χ2n) is 3.67. The molecule has 0 aliphatic rings. The molecular formula is C11H10F3N3O2S. The number of benzene rings is 1. The van der Waals surface area contributed by atoms with E-state index in [4.69, 9.17) is 15.2 Å². The van der Waals surface area contributed by atoms with Gasteiger partial charge < -0.3 is 15.2 Å². The molecule has 0 bridgehead atoms. The predicted molar refractivity (Wildman–Crippen MR) is 65.9 cm³/mol. The molecular weight excluding hydrogens is 295 g/mol. The number of alkyl halides is 3. The topological polar surface area (TPSA) is 70.3 Å². The van der Waals surface area contributed by atoms with Crippen molar-refractivity contribution in [1.29, 1.82) is 0 Å². The molecule has 2 aromatic rings. The first kappa shape index (κ1) is 14.5. The van der Waals surface area contributed by atoms with Crippen molar-refractivity contribution in [2.24, 2.45) is 5.73 Å². The Labute approximate surface area is 116 Å². The van der Waals surface area contributed by atoms with Gasteiger partial charge in [-0.1, -0.05) is 6.07 Å². The Morgan fingerprint density at radius 1 is 1.30 bits per heavy atom. The number of aromatic nitrogens is 2. The van der Waals surface area contributed by atoms with Gasteiger partial charge in [0.2, 0.25) is 0 Å². The summed E-state index contributed by atoms with van der Waals surface area (Å²) in [5, 5.41) is -0.212. The van der Waals surface area contributed by atoms with E-state index in [1.807, 2.05) is 0 Å². The molecule has 1 heterocycles. The lowest BCUT2D eigenvalue weighted by molar-refractivity contribution is -0.144. The maximum Gasteiger partial charge on any atom is 0.452 e. The van der Waals surface area contributed by atoms with Crippen LogP contribution in [0.5, 0.6) is 16.7 Å². The third-order valence-electron chi connectivity index (χ3n) is 2.32. The molecule has 0 unspecified atom stereocenters. The van der Waals surface area contributed by atoms with E-state index in [-0.39, 0.29) is 10.9 Å². The van der Waals surface area contributed by atoms with Crippen LogP contribution in [0.2, 0.25) is 0 Å². The van der Waals surface area contributed by atoms with Crippen LogP contribution in [0.25, 0.3) is 0 Å². The summed E-state index contributed by atoms with van der Waals surface area (Å²) in [6.07, 6.45) is -4.59. The Hall–Kier alpha value is -1.87. The largest absolute Gasteiger partial charge is 0.493 e. The Kier molecular flexibility index (Phi) is 4.09. The molecule has 1 aromatic heterocycles. The first-order valence-electron chi connectivity index (χ1n) is 5.39. The van der Waals surface area contributed by atoms with Gasteiger partial charge in [-0.2, -0.15) is 22.5 Å². The number of nitrogens with zero attached hydrogens (tertiary/aromatic N) is 2. The first-order valence-corrected chi connectivity index (χ1v) is 6.17. The molecule has 0 aliphatic heterocycles. The van der Waals surface area contributed by atoms with Crippen molar-refractivity contribution in [2.75, 3.05) is 7.11 Å². The Balaban J connectivity index is 2.23. The van der Waals surface area contributed by atoms with Gasteiger partial charge in [0, 0.05) is 18.1 Å². The first-order chi connectivity index (χ1) is 9.44. The molecule has 9 heteroatoms. The summed E-state index contributed by atoms with van der Waals surface area (Å²) in [5.41, 5.74) is 6.29. The zero-order chi connectivity index (χ0) is 14.8. The predicted octanol–water partition coefficient (Wildman–Crippen LogP) is 2.82. The molecule has 0 amide bonds. The molecule has 5 nitrogen and oxygen atoms in total. The number of hydrogen-bond donors (Lipinski definition) is 1. The van der Waals surface area contributed by atoms with Crippen molar-refractivity contribution >= 4 is 11.5 Å². The van der Waals surface area contributed by atoms with Gasteiger partial charge in [-0.25, -0.2) is 0 Å². The van der Waals surface area contributed by atoms with Gasteiger partial charge in [-0.05, 0) is 17.7 Å². The highest BCUT2D eigenvalue weighted by Gasteiger charge is 2.36. The van der Waals surface area contributed by atoms with Crippen molar-refractivity contribution < 1.29 is 22.6 Å². The number of methoxy groups -OCH3 is 1. The molecule has 2 rings (SSSR count). The molecule has 2 N–H and O–H groups in total. The lowest BCUT2D eigenvalue weighted by Crippen LogP contribution is -2.07. The maximum absolute atomic E-state index is 12.4. The maximum atomic E-state index is 12.4. The molecule has 0 saturated heterocycles. The Bertz CT molecular complexity index is 601. The summed E-state index contributed by atoms with van der Waals surface area (Å²) >= 11 is 0.517. The highest BCUT2D eigenvalue weighted by atomic mass is 32.1. The van der Waals surface area contributed by atoms with Crippen LogP contribution >= 0.6 is 11.5 Å². The van der Waals surface area contributed by atoms with Crippen molar-refractivity contribution in [3.8, 4) is 16.7 Å². The van der Waals surface area contributed by atoms with Crippen molar-refractivity contribution in [3.63, 3.8) is 0 Å². The van der Waals surface area contributed by atoms with Gasteiger partial charge in [0.05, 0.1) is 7.11 Å². The van der Waals surface area contributed by atoms with E-state index in [2.05, 4.69) is 9.36 Å². The monoisotopic (exact) mass is 305 g/mol. The number of ether oxygens (including phenoxy) is 2. The second kappa shape index (κ2) is 5.63. The molecule has 0 spiro atoms. The van der Waals surface area contributed by atoms with Crippen LogP contribution in [-0.2, 0) is 12.7 Å². The van der Waals surface area contributed by atoms with Crippen LogP contribution in [-0.4, -0.2) is 16.5 Å². The average molecular weight is 305 g/mol. The Morgan fingerprint density at radius 2 is 2.05 bits per heavy atom. The van der Waals surface area contributed by atoms with Gasteiger partial charge in [0.15, 0.2) is 11.5 Å². The fourth-order valence-electron chi connectivity index (χ4n) is 1.38. The summed E-state index contributed by atoms with van der Waals surface area (Å²) in [6, 6.07) is 4.88. The number of halogens is 3. The molecule has 0 aliphatic carbocycles. The number of rotatable bonds is 4. The van der Waals surface area contributed by atoms with E-state index in [1.54, 1.807) is 18.2 Å². The van der Waals surface area contributed by atoms with Gasteiger partial charge in [-0.3, -0.25) is 0 Å². The van der Waals surface area contributed by atoms with E-state index in [9.17, 15) is 13.2 Å². The minimum Gasteiger partial charge on any atom is -0.493 e. The molecule has 1 aromatic carbocycles. The summed E-state index contributed by atoms with van der Waals surface area (Å²) in [7, 11) is 1.42. The molecule has 0 fully saturated rings. The van der Waals surface area contributed by atoms with Crippen LogP contribution in [0.4, 0.5) is 13.2 Å². The number of nitrogens with two attached hydrogens (primary N) is 1. The van der Waals surface area contributed by atoms with E-state index >= 15 is 0 Å². The van der Waals surface area contributed by atoms with Crippen LogP contribution in [0, 0.1) is 0 Å². The van der Waals surface area contributed by atoms with Crippen LogP contribution < -0.4 is 15.2 Å². The third-order valence-corrected chi connectivity index (χ3v) is 2.92. The lowest BCUT2D eigenvalue weighted by atomic mass is 10.2. The van der Waals surface area contributed by atoms with Crippen molar-refractivity contribution in [2.45, 2.75) is 12.7 Å². The summed E-state index contributed by atoms with van der Waals surface area (Å²) < 4.78 is 50.7. The van der Waals surface area contributed by atoms with Crippen LogP contribution in [0.15, 0.2) is 18.2 Å². The summed E-state index contributed by atoms with van der Waals surface area (Å²) in [6.45, 7) is 0.313. The fourth-order valence-corrected chi connectivity index (χ4v) is 1.95. The van der Waals surface area contributed by atoms with Crippen LogP contribution in [0.1, 0.15) is 11.4 Å². The lowest BCUT2D eigenvalue weighted by Gasteiger charge is -2.09. The number of hydrogen-bond acceptors (Lipinski definition) is 6. The summed E-state index contributed by atoms with van der Waals surface area (Å²) in [5.74, 6) is -0.624. The fraction of sp³-hybridized carbons (Fsp3) is 0.273. The third kappa shape index (κ3) is 3.17. The van der Waals surface area contributed by atoms with E-state index in [0.29, 0.717) is 23.8 Å². The highest BCUT2D eigenvalue weighted by Crippen LogP contribution is 2.35. The molecule has 0 saturated carbocycles. The van der Waals surface area contributed by atoms with Gasteiger partial charge >= 0.3 is 6.18 Å². The van der Waals surface area contributed by atoms with Crippen LogP contribution in [0.3, 0.4) is 0 Å².